The number of hydrogen-bond acceptors (Lipinski definition) is 4. The highest BCUT2D eigenvalue weighted by Gasteiger charge is 2.21. The smallest absolute Gasteiger partial charge is 0.233 e. The van der Waals surface area contributed by atoms with Gasteiger partial charge in [0.1, 0.15) is 0 Å². The first-order valence-electron chi connectivity index (χ1n) is 12.8. The van der Waals surface area contributed by atoms with E-state index < -0.39 is 0 Å². The average Bonchev–Trinajstić information content (AvgIpc) is 3.39. The Hall–Kier alpha value is -3.87. The Balaban J connectivity index is 1.39. The number of halogens is 1. The van der Waals surface area contributed by atoms with Gasteiger partial charge in [-0.15, -0.1) is 10.2 Å². The number of hydrogen-bond donors (Lipinski definition) is 0. The summed E-state index contributed by atoms with van der Waals surface area (Å²) in [6, 6.07) is 36.1. The van der Waals surface area contributed by atoms with Crippen molar-refractivity contribution in [3.05, 3.63) is 131 Å². The normalized spacial score (nSPS) is 10.9. The van der Waals surface area contributed by atoms with Crippen molar-refractivity contribution in [3.63, 3.8) is 0 Å². The molecule has 5 nitrogen and oxygen atoms in total. The number of thioether (sulfide) groups is 1. The van der Waals surface area contributed by atoms with Crippen molar-refractivity contribution in [2.75, 3.05) is 12.3 Å². The van der Waals surface area contributed by atoms with Crippen LogP contribution in [0, 0.1) is 6.92 Å². The Morgan fingerprint density at radius 2 is 1.46 bits per heavy atom. The number of aromatic nitrogens is 3. The van der Waals surface area contributed by atoms with Crippen LogP contribution < -0.4 is 0 Å². The van der Waals surface area contributed by atoms with E-state index in [4.69, 9.17) is 11.6 Å². The second kappa shape index (κ2) is 12.8. The summed E-state index contributed by atoms with van der Waals surface area (Å²) in [7, 11) is 0. The minimum absolute atomic E-state index is 0.0622. The van der Waals surface area contributed by atoms with Gasteiger partial charge in [0, 0.05) is 23.7 Å². The summed E-state index contributed by atoms with van der Waals surface area (Å²) in [5, 5.41) is 10.4. The van der Waals surface area contributed by atoms with Gasteiger partial charge in [-0.05, 0) is 60.4 Å². The van der Waals surface area contributed by atoms with Crippen LogP contribution in [0.1, 0.15) is 16.7 Å². The van der Waals surface area contributed by atoms with Gasteiger partial charge in [0.15, 0.2) is 11.0 Å². The largest absolute Gasteiger partial charge is 0.337 e. The van der Waals surface area contributed by atoms with Crippen LogP contribution in [0.15, 0.2) is 114 Å². The van der Waals surface area contributed by atoms with E-state index in [1.165, 1.54) is 17.3 Å². The Kier molecular flexibility index (Phi) is 8.76. The summed E-state index contributed by atoms with van der Waals surface area (Å²) in [5.74, 6) is 1.03. The quantitative estimate of drug-likeness (QED) is 0.171. The van der Waals surface area contributed by atoms with E-state index in [9.17, 15) is 4.79 Å². The molecule has 0 saturated heterocycles. The molecule has 5 aromatic rings. The topological polar surface area (TPSA) is 51.0 Å². The SMILES string of the molecule is Cc1ccccc1-n1c(SCC(=O)N(CCc2ccccc2)Cc2ccccc2)nnc1-c1ccc(Cl)cc1. The van der Waals surface area contributed by atoms with Gasteiger partial charge in [0.25, 0.3) is 0 Å². The summed E-state index contributed by atoms with van der Waals surface area (Å²) in [5.41, 5.74) is 5.30. The van der Waals surface area contributed by atoms with E-state index in [2.05, 4.69) is 47.5 Å². The first-order valence-corrected chi connectivity index (χ1v) is 14.2. The summed E-state index contributed by atoms with van der Waals surface area (Å²) < 4.78 is 2.03. The predicted octanol–water partition coefficient (Wildman–Crippen LogP) is 7.26. The van der Waals surface area contributed by atoms with Gasteiger partial charge in [0.2, 0.25) is 5.91 Å². The molecule has 4 aromatic carbocycles. The molecule has 7 heteroatoms. The number of para-hydroxylation sites is 1. The van der Waals surface area contributed by atoms with E-state index in [0.717, 1.165) is 28.8 Å². The minimum Gasteiger partial charge on any atom is -0.337 e. The van der Waals surface area contributed by atoms with Crippen LogP contribution in [0.5, 0.6) is 0 Å². The van der Waals surface area contributed by atoms with Crippen LogP contribution in [-0.2, 0) is 17.8 Å². The monoisotopic (exact) mass is 552 g/mol. The van der Waals surface area contributed by atoms with Crippen molar-refractivity contribution in [2.24, 2.45) is 0 Å². The third kappa shape index (κ3) is 6.77. The fourth-order valence-electron chi connectivity index (χ4n) is 4.40. The van der Waals surface area contributed by atoms with E-state index in [0.29, 0.717) is 29.1 Å². The molecule has 0 bridgehead atoms. The Bertz CT molecular complexity index is 1520. The fourth-order valence-corrected chi connectivity index (χ4v) is 5.38. The molecular formula is C32H29ClN4OS. The van der Waals surface area contributed by atoms with E-state index in [1.54, 1.807) is 0 Å². The number of carbonyl (C=O) groups is 1. The van der Waals surface area contributed by atoms with Crippen LogP contribution >= 0.6 is 23.4 Å². The summed E-state index contributed by atoms with van der Waals surface area (Å²) in [4.78, 5) is 15.5. The Labute approximate surface area is 238 Å². The number of nitrogens with zero attached hydrogens (tertiary/aromatic N) is 4. The number of aryl methyl sites for hydroxylation is 1. The highest BCUT2D eigenvalue weighted by atomic mass is 35.5. The van der Waals surface area contributed by atoms with Crippen LogP contribution in [-0.4, -0.2) is 37.9 Å². The van der Waals surface area contributed by atoms with Crippen molar-refractivity contribution in [3.8, 4) is 17.1 Å². The Morgan fingerprint density at radius 3 is 2.15 bits per heavy atom. The molecule has 0 N–H and O–H groups in total. The molecule has 39 heavy (non-hydrogen) atoms. The molecule has 0 aliphatic heterocycles. The lowest BCUT2D eigenvalue weighted by Crippen LogP contribution is -2.34. The van der Waals surface area contributed by atoms with Crippen molar-refractivity contribution < 1.29 is 4.79 Å². The van der Waals surface area contributed by atoms with Crippen molar-refractivity contribution in [1.29, 1.82) is 0 Å². The molecule has 1 amide bonds. The maximum absolute atomic E-state index is 13.6. The number of carbonyl (C=O) groups excluding carboxylic acids is 1. The molecule has 1 heterocycles. The van der Waals surface area contributed by atoms with Crippen molar-refractivity contribution in [2.45, 2.75) is 25.0 Å². The zero-order chi connectivity index (χ0) is 27.0. The van der Waals surface area contributed by atoms with Crippen LogP contribution in [0.25, 0.3) is 17.1 Å². The summed E-state index contributed by atoms with van der Waals surface area (Å²) in [6.45, 7) is 3.26. The summed E-state index contributed by atoms with van der Waals surface area (Å²) in [6.07, 6.45) is 0.796. The maximum Gasteiger partial charge on any atom is 0.233 e. The summed E-state index contributed by atoms with van der Waals surface area (Å²) >= 11 is 7.54. The molecule has 0 aliphatic carbocycles. The van der Waals surface area contributed by atoms with Gasteiger partial charge in [-0.1, -0.05) is 102 Å². The van der Waals surface area contributed by atoms with E-state index in [1.807, 2.05) is 88.3 Å². The van der Waals surface area contributed by atoms with Crippen molar-refractivity contribution >= 4 is 29.3 Å². The highest BCUT2D eigenvalue weighted by Crippen LogP contribution is 2.30. The first-order chi connectivity index (χ1) is 19.1. The third-order valence-electron chi connectivity index (χ3n) is 6.50. The van der Waals surface area contributed by atoms with Crippen LogP contribution in [0.4, 0.5) is 0 Å². The second-order valence-corrected chi connectivity index (χ2v) is 10.6. The molecule has 0 aliphatic rings. The van der Waals surface area contributed by atoms with Crippen LogP contribution in [0.3, 0.4) is 0 Å². The molecule has 196 valence electrons. The van der Waals surface area contributed by atoms with Gasteiger partial charge >= 0.3 is 0 Å². The van der Waals surface area contributed by atoms with Gasteiger partial charge in [-0.3, -0.25) is 9.36 Å². The van der Waals surface area contributed by atoms with E-state index >= 15 is 0 Å². The lowest BCUT2D eigenvalue weighted by molar-refractivity contribution is -0.128. The molecule has 0 fully saturated rings. The van der Waals surface area contributed by atoms with Gasteiger partial charge in [0.05, 0.1) is 11.4 Å². The van der Waals surface area contributed by atoms with E-state index in [-0.39, 0.29) is 11.7 Å². The number of amides is 1. The molecule has 0 saturated carbocycles. The second-order valence-electron chi connectivity index (χ2n) is 9.26. The fraction of sp³-hybridized carbons (Fsp3) is 0.156. The first kappa shape index (κ1) is 26.7. The van der Waals surface area contributed by atoms with Crippen molar-refractivity contribution in [1.82, 2.24) is 19.7 Å². The third-order valence-corrected chi connectivity index (χ3v) is 7.66. The lowest BCUT2D eigenvalue weighted by Gasteiger charge is -2.23. The van der Waals surface area contributed by atoms with Gasteiger partial charge in [-0.2, -0.15) is 0 Å². The zero-order valence-electron chi connectivity index (χ0n) is 21.7. The highest BCUT2D eigenvalue weighted by molar-refractivity contribution is 7.99. The molecule has 0 unspecified atom stereocenters. The molecule has 1 aromatic heterocycles. The molecule has 0 atom stereocenters. The minimum atomic E-state index is 0.0622. The average molecular weight is 553 g/mol. The van der Waals surface area contributed by atoms with Crippen LogP contribution in [0.2, 0.25) is 5.02 Å². The standard InChI is InChI=1S/C32H29ClN4OS/c1-24-10-8-9-15-29(24)37-31(27-16-18-28(33)19-17-27)34-35-32(37)39-23-30(38)36(22-26-13-6-3-7-14-26)21-20-25-11-4-2-5-12-25/h2-19H,20-23H2,1H3. The number of rotatable bonds is 10. The lowest BCUT2D eigenvalue weighted by atomic mass is 10.1. The maximum atomic E-state index is 13.6. The molecular weight excluding hydrogens is 524 g/mol. The zero-order valence-corrected chi connectivity index (χ0v) is 23.3. The Morgan fingerprint density at radius 1 is 0.821 bits per heavy atom. The molecule has 0 spiro atoms. The molecule has 0 radical (unpaired) electrons. The number of benzene rings is 4. The van der Waals surface area contributed by atoms with Gasteiger partial charge in [-0.25, -0.2) is 0 Å². The molecule has 5 rings (SSSR count). The van der Waals surface area contributed by atoms with Gasteiger partial charge < -0.3 is 4.90 Å². The predicted molar refractivity (Wildman–Crippen MR) is 159 cm³/mol.